The summed E-state index contributed by atoms with van der Waals surface area (Å²) in [6.07, 6.45) is 1.00. The third kappa shape index (κ3) is 6.42. The third-order valence-corrected chi connectivity index (χ3v) is 3.60. The highest BCUT2D eigenvalue weighted by atomic mass is 79.9. The highest BCUT2D eigenvalue weighted by Crippen LogP contribution is 2.18. The van der Waals surface area contributed by atoms with Gasteiger partial charge in [0.05, 0.1) is 6.61 Å². The van der Waals surface area contributed by atoms with Crippen LogP contribution in [0.3, 0.4) is 0 Å². The topological polar surface area (TPSA) is 67.4 Å². The molecule has 0 saturated carbocycles. The molecule has 0 aliphatic heterocycles. The van der Waals surface area contributed by atoms with E-state index in [0.29, 0.717) is 30.8 Å². The molecule has 5 nitrogen and oxygen atoms in total. The first-order valence-corrected chi connectivity index (χ1v) is 8.38. The lowest BCUT2D eigenvalue weighted by molar-refractivity contribution is -0.116. The Balaban J connectivity index is 1.70. The normalized spacial score (nSPS) is 10.1. The summed E-state index contributed by atoms with van der Waals surface area (Å²) in [4.78, 5) is 22.8. The SMILES string of the molecule is CC(=O)Nc1ccc(NC(=O)CCCOc2cccc(Br)c2)cc1. The van der Waals surface area contributed by atoms with Gasteiger partial charge in [-0.15, -0.1) is 0 Å². The second-order valence-electron chi connectivity index (χ2n) is 5.22. The predicted octanol–water partition coefficient (Wildman–Crippen LogP) is 4.21. The van der Waals surface area contributed by atoms with Crippen LogP contribution in [0.4, 0.5) is 11.4 Å². The number of rotatable bonds is 7. The maximum Gasteiger partial charge on any atom is 0.224 e. The number of carbonyl (C=O) groups excluding carboxylic acids is 2. The first-order valence-electron chi connectivity index (χ1n) is 7.59. The lowest BCUT2D eigenvalue weighted by Gasteiger charge is -2.08. The molecule has 0 unspecified atom stereocenters. The van der Waals surface area contributed by atoms with Crippen molar-refractivity contribution in [1.29, 1.82) is 0 Å². The van der Waals surface area contributed by atoms with Crippen LogP contribution in [0.15, 0.2) is 53.0 Å². The van der Waals surface area contributed by atoms with Gasteiger partial charge < -0.3 is 15.4 Å². The average Bonchev–Trinajstić information content (AvgIpc) is 2.53. The molecule has 0 aliphatic carbocycles. The lowest BCUT2D eigenvalue weighted by atomic mass is 10.2. The van der Waals surface area contributed by atoms with Crippen molar-refractivity contribution in [2.45, 2.75) is 19.8 Å². The van der Waals surface area contributed by atoms with Gasteiger partial charge in [0, 0.05) is 29.2 Å². The summed E-state index contributed by atoms with van der Waals surface area (Å²) in [5, 5.41) is 5.49. The number of halogens is 1. The van der Waals surface area contributed by atoms with Gasteiger partial charge in [-0.3, -0.25) is 9.59 Å². The van der Waals surface area contributed by atoms with Gasteiger partial charge in [-0.25, -0.2) is 0 Å². The minimum absolute atomic E-state index is 0.0693. The number of nitrogens with one attached hydrogen (secondary N) is 2. The smallest absolute Gasteiger partial charge is 0.224 e. The number of carbonyl (C=O) groups is 2. The van der Waals surface area contributed by atoms with Crippen LogP contribution in [0.1, 0.15) is 19.8 Å². The molecule has 0 radical (unpaired) electrons. The highest BCUT2D eigenvalue weighted by molar-refractivity contribution is 9.10. The fraction of sp³-hybridized carbons (Fsp3) is 0.222. The molecule has 2 rings (SSSR count). The van der Waals surface area contributed by atoms with E-state index in [-0.39, 0.29) is 11.8 Å². The molecule has 2 aromatic carbocycles. The zero-order chi connectivity index (χ0) is 17.4. The van der Waals surface area contributed by atoms with E-state index in [1.54, 1.807) is 24.3 Å². The van der Waals surface area contributed by atoms with Crippen LogP contribution in [0.5, 0.6) is 5.75 Å². The van der Waals surface area contributed by atoms with Gasteiger partial charge in [0.25, 0.3) is 0 Å². The molecule has 126 valence electrons. The fourth-order valence-corrected chi connectivity index (χ4v) is 2.42. The molecule has 0 fully saturated rings. The molecule has 0 aliphatic rings. The van der Waals surface area contributed by atoms with E-state index in [2.05, 4.69) is 26.6 Å². The highest BCUT2D eigenvalue weighted by Gasteiger charge is 2.03. The van der Waals surface area contributed by atoms with Crippen molar-refractivity contribution < 1.29 is 14.3 Å². The van der Waals surface area contributed by atoms with E-state index in [0.717, 1.165) is 10.2 Å². The Hall–Kier alpha value is -2.34. The second kappa shape index (κ2) is 9.08. The fourth-order valence-electron chi connectivity index (χ4n) is 2.04. The molecule has 2 amide bonds. The maximum absolute atomic E-state index is 11.9. The van der Waals surface area contributed by atoms with Crippen molar-refractivity contribution in [2.75, 3.05) is 17.2 Å². The number of hydrogen-bond donors (Lipinski definition) is 2. The molecule has 0 saturated heterocycles. The zero-order valence-corrected chi connectivity index (χ0v) is 14.9. The summed E-state index contributed by atoms with van der Waals surface area (Å²) in [5.74, 6) is 0.579. The monoisotopic (exact) mass is 390 g/mol. The second-order valence-corrected chi connectivity index (χ2v) is 6.13. The molecule has 0 aromatic heterocycles. The average molecular weight is 391 g/mol. The minimum Gasteiger partial charge on any atom is -0.494 e. The third-order valence-electron chi connectivity index (χ3n) is 3.10. The quantitative estimate of drug-likeness (QED) is 0.695. The minimum atomic E-state index is -0.128. The van der Waals surface area contributed by atoms with E-state index >= 15 is 0 Å². The van der Waals surface area contributed by atoms with Crippen molar-refractivity contribution in [2.24, 2.45) is 0 Å². The van der Waals surface area contributed by atoms with E-state index in [4.69, 9.17) is 4.74 Å². The van der Waals surface area contributed by atoms with Gasteiger partial charge in [0.15, 0.2) is 0 Å². The first-order chi connectivity index (χ1) is 11.5. The Labute approximate surface area is 149 Å². The molecule has 0 spiro atoms. The van der Waals surface area contributed by atoms with Gasteiger partial charge in [-0.1, -0.05) is 22.0 Å². The van der Waals surface area contributed by atoms with Crippen LogP contribution in [-0.4, -0.2) is 18.4 Å². The zero-order valence-electron chi connectivity index (χ0n) is 13.3. The van der Waals surface area contributed by atoms with Crippen LogP contribution in [0.2, 0.25) is 0 Å². The number of hydrogen-bond acceptors (Lipinski definition) is 3. The summed E-state index contributed by atoms with van der Waals surface area (Å²) in [5.41, 5.74) is 1.39. The molecular weight excluding hydrogens is 372 g/mol. The van der Waals surface area contributed by atoms with Crippen molar-refractivity contribution in [3.8, 4) is 5.75 Å². The summed E-state index contributed by atoms with van der Waals surface area (Å²) in [6, 6.07) is 14.6. The van der Waals surface area contributed by atoms with Crippen LogP contribution in [0, 0.1) is 0 Å². The Morgan fingerprint density at radius 1 is 1.04 bits per heavy atom. The van der Waals surface area contributed by atoms with Crippen molar-refractivity contribution in [3.63, 3.8) is 0 Å². The Kier molecular flexibility index (Phi) is 6.81. The van der Waals surface area contributed by atoms with Crippen molar-refractivity contribution in [3.05, 3.63) is 53.0 Å². The van der Waals surface area contributed by atoms with Crippen LogP contribution in [-0.2, 0) is 9.59 Å². The molecule has 6 heteroatoms. The molecule has 2 N–H and O–H groups in total. The summed E-state index contributed by atoms with van der Waals surface area (Å²) < 4.78 is 6.55. The molecule has 0 bridgehead atoms. The maximum atomic E-state index is 11.9. The number of anilines is 2. The van der Waals surface area contributed by atoms with Crippen LogP contribution >= 0.6 is 15.9 Å². The first kappa shape index (κ1) is 18.0. The van der Waals surface area contributed by atoms with Gasteiger partial charge in [-0.05, 0) is 48.9 Å². The van der Waals surface area contributed by atoms with E-state index in [1.165, 1.54) is 6.92 Å². The lowest BCUT2D eigenvalue weighted by Crippen LogP contribution is -2.13. The van der Waals surface area contributed by atoms with Crippen molar-refractivity contribution in [1.82, 2.24) is 0 Å². The van der Waals surface area contributed by atoms with Gasteiger partial charge in [0.2, 0.25) is 11.8 Å². The number of amides is 2. The van der Waals surface area contributed by atoms with Crippen LogP contribution in [0.25, 0.3) is 0 Å². The standard InChI is InChI=1S/C18H19BrN2O3/c1-13(22)20-15-7-9-16(10-8-15)21-18(23)6-3-11-24-17-5-2-4-14(19)12-17/h2,4-5,7-10,12H,3,6,11H2,1H3,(H,20,22)(H,21,23). The van der Waals surface area contributed by atoms with E-state index in [9.17, 15) is 9.59 Å². The number of ether oxygens (including phenoxy) is 1. The van der Waals surface area contributed by atoms with Gasteiger partial charge in [0.1, 0.15) is 5.75 Å². The number of benzene rings is 2. The van der Waals surface area contributed by atoms with Crippen molar-refractivity contribution >= 4 is 39.1 Å². The Bertz CT molecular complexity index is 702. The summed E-state index contributed by atoms with van der Waals surface area (Å²) in [6.45, 7) is 1.93. The molecular formula is C18H19BrN2O3. The van der Waals surface area contributed by atoms with E-state index in [1.807, 2.05) is 24.3 Å². The Morgan fingerprint density at radius 3 is 2.33 bits per heavy atom. The molecule has 2 aromatic rings. The van der Waals surface area contributed by atoms with Crippen LogP contribution < -0.4 is 15.4 Å². The largest absolute Gasteiger partial charge is 0.494 e. The van der Waals surface area contributed by atoms with E-state index < -0.39 is 0 Å². The molecule has 0 atom stereocenters. The summed E-state index contributed by atoms with van der Waals surface area (Å²) >= 11 is 3.38. The van der Waals surface area contributed by atoms with Gasteiger partial charge >= 0.3 is 0 Å². The predicted molar refractivity (Wildman–Crippen MR) is 98.2 cm³/mol. The molecule has 24 heavy (non-hydrogen) atoms. The summed E-state index contributed by atoms with van der Waals surface area (Å²) in [7, 11) is 0. The Morgan fingerprint density at radius 2 is 1.71 bits per heavy atom. The van der Waals surface area contributed by atoms with Gasteiger partial charge in [-0.2, -0.15) is 0 Å². The molecule has 0 heterocycles.